The summed E-state index contributed by atoms with van der Waals surface area (Å²) in [5.74, 6) is 0.820. The molecule has 3 aliphatic rings. The third-order valence-corrected chi connectivity index (χ3v) is 7.60. The quantitative estimate of drug-likeness (QED) is 0.383. The van der Waals surface area contributed by atoms with Gasteiger partial charge in [-0.2, -0.15) is 15.0 Å². The van der Waals surface area contributed by atoms with Gasteiger partial charge in [0.15, 0.2) is 0 Å². The van der Waals surface area contributed by atoms with Crippen LogP contribution in [0.5, 0.6) is 11.8 Å². The van der Waals surface area contributed by atoms with Crippen LogP contribution >= 0.6 is 11.8 Å². The van der Waals surface area contributed by atoms with Gasteiger partial charge in [-0.3, -0.25) is 14.5 Å². The lowest BCUT2D eigenvalue weighted by Crippen LogP contribution is -2.40. The van der Waals surface area contributed by atoms with Crippen LogP contribution in [0.1, 0.15) is 11.1 Å². The standard InChI is InChI=1S/C28H27FN6O5S/c29-21-5-1-20(2-6-21)18-35-24(36)23(41-28(35)37)17-19-3-7-22(8-4-19)40-27-31-25(33-9-13-38-14-10-33)30-26(32-27)34-11-15-39-16-12-34/h1-8,17H,9-16,18H2/b23-17-. The van der Waals surface area contributed by atoms with Crippen molar-refractivity contribution in [3.05, 3.63) is 70.4 Å². The number of imide groups is 1. The van der Waals surface area contributed by atoms with Crippen molar-refractivity contribution in [1.82, 2.24) is 19.9 Å². The Morgan fingerprint density at radius 2 is 1.41 bits per heavy atom. The molecule has 4 heterocycles. The van der Waals surface area contributed by atoms with Gasteiger partial charge in [0.25, 0.3) is 11.1 Å². The average Bonchev–Trinajstić information content (AvgIpc) is 3.27. The second-order valence-corrected chi connectivity index (χ2v) is 10.5. The molecule has 3 aliphatic heterocycles. The number of halogens is 1. The van der Waals surface area contributed by atoms with Crippen molar-refractivity contribution in [3.63, 3.8) is 0 Å². The fraction of sp³-hybridized carbons (Fsp3) is 0.321. The number of anilines is 2. The highest BCUT2D eigenvalue weighted by Crippen LogP contribution is 2.34. The molecule has 0 N–H and O–H groups in total. The monoisotopic (exact) mass is 578 g/mol. The van der Waals surface area contributed by atoms with Crippen LogP contribution in [-0.2, 0) is 20.8 Å². The van der Waals surface area contributed by atoms with E-state index in [9.17, 15) is 14.0 Å². The van der Waals surface area contributed by atoms with E-state index < -0.39 is 0 Å². The number of hydrogen-bond acceptors (Lipinski definition) is 11. The number of thioether (sulfide) groups is 1. The Morgan fingerprint density at radius 1 is 0.829 bits per heavy atom. The van der Waals surface area contributed by atoms with Crippen LogP contribution in [0.15, 0.2) is 53.4 Å². The lowest BCUT2D eigenvalue weighted by atomic mass is 10.2. The third kappa shape index (κ3) is 6.47. The van der Waals surface area contributed by atoms with Gasteiger partial charge in [0, 0.05) is 26.2 Å². The van der Waals surface area contributed by atoms with E-state index in [0.717, 1.165) is 22.2 Å². The fourth-order valence-electron chi connectivity index (χ4n) is 4.49. The van der Waals surface area contributed by atoms with Crippen LogP contribution in [0, 0.1) is 5.82 Å². The van der Waals surface area contributed by atoms with Crippen molar-refractivity contribution in [2.45, 2.75) is 6.54 Å². The summed E-state index contributed by atoms with van der Waals surface area (Å²) in [6.45, 7) is 5.19. The molecule has 0 spiro atoms. The van der Waals surface area contributed by atoms with Crippen molar-refractivity contribution in [2.75, 3.05) is 62.4 Å². The minimum atomic E-state index is -0.388. The number of benzene rings is 2. The van der Waals surface area contributed by atoms with Crippen molar-refractivity contribution >= 4 is 40.9 Å². The van der Waals surface area contributed by atoms with Gasteiger partial charge >= 0.3 is 6.01 Å². The molecule has 6 rings (SSSR count). The molecule has 0 aliphatic carbocycles. The second kappa shape index (κ2) is 12.2. The van der Waals surface area contributed by atoms with Gasteiger partial charge in [-0.1, -0.05) is 24.3 Å². The Morgan fingerprint density at radius 3 is 2.00 bits per heavy atom. The fourth-order valence-corrected chi connectivity index (χ4v) is 5.33. The van der Waals surface area contributed by atoms with Crippen molar-refractivity contribution in [3.8, 4) is 11.8 Å². The number of amides is 2. The first kappa shape index (κ1) is 27.1. The summed E-state index contributed by atoms with van der Waals surface area (Å²) in [5, 5.41) is -0.368. The highest BCUT2D eigenvalue weighted by Gasteiger charge is 2.35. The molecule has 3 fully saturated rings. The van der Waals surface area contributed by atoms with Crippen LogP contribution in [0.3, 0.4) is 0 Å². The Bertz CT molecular complexity index is 1410. The molecule has 2 aromatic carbocycles. The number of carbonyl (C=O) groups excluding carboxylic acids is 2. The van der Waals surface area contributed by atoms with E-state index in [0.29, 0.717) is 80.7 Å². The predicted molar refractivity (Wildman–Crippen MR) is 150 cm³/mol. The van der Waals surface area contributed by atoms with Crippen LogP contribution < -0.4 is 14.5 Å². The summed E-state index contributed by atoms with van der Waals surface area (Å²) in [7, 11) is 0. The molecule has 0 bridgehead atoms. The smallest absolute Gasteiger partial charge is 0.328 e. The summed E-state index contributed by atoms with van der Waals surface area (Å²) >= 11 is 0.875. The zero-order valence-electron chi connectivity index (χ0n) is 22.1. The predicted octanol–water partition coefficient (Wildman–Crippen LogP) is 3.71. The topological polar surface area (TPSA) is 110 Å². The van der Waals surface area contributed by atoms with Crippen LogP contribution in [-0.4, -0.2) is 83.6 Å². The molecule has 0 atom stereocenters. The second-order valence-electron chi connectivity index (χ2n) is 9.48. The average molecular weight is 579 g/mol. The summed E-state index contributed by atoms with van der Waals surface area (Å²) in [6, 6.07) is 13.0. The summed E-state index contributed by atoms with van der Waals surface area (Å²) in [4.78, 5) is 44.8. The Balaban J connectivity index is 1.17. The van der Waals surface area contributed by atoms with Crippen molar-refractivity contribution < 1.29 is 28.2 Å². The molecule has 41 heavy (non-hydrogen) atoms. The number of aromatic nitrogens is 3. The molecular weight excluding hydrogens is 551 g/mol. The van der Waals surface area contributed by atoms with Gasteiger partial charge in [-0.25, -0.2) is 4.39 Å². The van der Waals surface area contributed by atoms with Crippen LogP contribution in [0.25, 0.3) is 6.08 Å². The Labute approximate surface area is 239 Å². The van der Waals surface area contributed by atoms with Crippen molar-refractivity contribution in [2.24, 2.45) is 0 Å². The maximum absolute atomic E-state index is 13.2. The van der Waals surface area contributed by atoms with E-state index in [2.05, 4.69) is 9.97 Å². The lowest BCUT2D eigenvalue weighted by molar-refractivity contribution is -0.123. The van der Waals surface area contributed by atoms with E-state index in [1.807, 2.05) is 9.80 Å². The van der Waals surface area contributed by atoms with Gasteiger partial charge in [0.05, 0.1) is 37.9 Å². The molecule has 0 radical (unpaired) electrons. The van der Waals surface area contributed by atoms with Gasteiger partial charge in [0.1, 0.15) is 11.6 Å². The minimum absolute atomic E-state index is 0.0832. The van der Waals surface area contributed by atoms with Gasteiger partial charge < -0.3 is 24.0 Å². The van der Waals surface area contributed by atoms with E-state index in [1.165, 1.54) is 12.1 Å². The van der Waals surface area contributed by atoms with E-state index >= 15 is 0 Å². The summed E-state index contributed by atoms with van der Waals surface area (Å²) in [6.07, 6.45) is 1.66. The van der Waals surface area contributed by atoms with Crippen molar-refractivity contribution in [1.29, 1.82) is 0 Å². The zero-order valence-corrected chi connectivity index (χ0v) is 22.9. The number of nitrogens with zero attached hydrogens (tertiary/aromatic N) is 6. The van der Waals surface area contributed by atoms with E-state index in [-0.39, 0.29) is 29.5 Å². The molecule has 3 saturated heterocycles. The maximum atomic E-state index is 13.2. The van der Waals surface area contributed by atoms with Crippen LogP contribution in [0.2, 0.25) is 0 Å². The number of ether oxygens (including phenoxy) is 3. The number of morpholine rings is 2. The first-order valence-electron chi connectivity index (χ1n) is 13.2. The summed E-state index contributed by atoms with van der Waals surface area (Å²) in [5.41, 5.74) is 1.40. The molecular formula is C28H27FN6O5S. The molecule has 0 saturated carbocycles. The minimum Gasteiger partial charge on any atom is -0.424 e. The zero-order chi connectivity index (χ0) is 28.2. The highest BCUT2D eigenvalue weighted by atomic mass is 32.2. The third-order valence-electron chi connectivity index (χ3n) is 6.69. The first-order chi connectivity index (χ1) is 20.0. The first-order valence-corrected chi connectivity index (χ1v) is 14.0. The highest BCUT2D eigenvalue weighted by molar-refractivity contribution is 8.18. The lowest BCUT2D eigenvalue weighted by Gasteiger charge is -2.30. The molecule has 11 nitrogen and oxygen atoms in total. The maximum Gasteiger partial charge on any atom is 0.328 e. The van der Waals surface area contributed by atoms with Gasteiger partial charge in [0.2, 0.25) is 11.9 Å². The number of rotatable bonds is 7. The van der Waals surface area contributed by atoms with Gasteiger partial charge in [-0.05, 0) is 53.2 Å². The number of carbonyl (C=O) groups is 2. The molecule has 0 unspecified atom stereocenters. The van der Waals surface area contributed by atoms with Crippen LogP contribution in [0.4, 0.5) is 21.1 Å². The number of hydrogen-bond donors (Lipinski definition) is 0. The Hall–Kier alpha value is -4.07. The molecule has 212 valence electrons. The molecule has 13 heteroatoms. The van der Waals surface area contributed by atoms with E-state index in [1.54, 1.807) is 42.5 Å². The normalized spacial score (nSPS) is 18.9. The summed E-state index contributed by atoms with van der Waals surface area (Å²) < 4.78 is 30.2. The molecule has 1 aromatic heterocycles. The molecule has 3 aromatic rings. The molecule has 2 amide bonds. The SMILES string of the molecule is O=C1S/C(=C\c2ccc(Oc3nc(N4CCOCC4)nc(N4CCOCC4)n3)cc2)C(=O)N1Cc1ccc(F)cc1. The Kier molecular flexibility index (Phi) is 8.07. The van der Waals surface area contributed by atoms with E-state index in [4.69, 9.17) is 19.2 Å². The van der Waals surface area contributed by atoms with Gasteiger partial charge in [-0.15, -0.1) is 0 Å². The largest absolute Gasteiger partial charge is 0.424 e.